The molecular weight excluding hydrogens is 304 g/mol. The number of amides is 1. The molecule has 21 heavy (non-hydrogen) atoms. The molecule has 1 aliphatic heterocycles. The molecule has 1 aromatic carbocycles. The van der Waals surface area contributed by atoms with Crippen molar-refractivity contribution in [1.29, 1.82) is 0 Å². The van der Waals surface area contributed by atoms with Crippen LogP contribution in [0.15, 0.2) is 24.3 Å². The van der Waals surface area contributed by atoms with Gasteiger partial charge in [-0.05, 0) is 42.2 Å². The van der Waals surface area contributed by atoms with Crippen LogP contribution < -0.4 is 4.90 Å². The van der Waals surface area contributed by atoms with E-state index in [0.717, 1.165) is 55.5 Å². The van der Waals surface area contributed by atoms with Gasteiger partial charge in [-0.1, -0.05) is 17.7 Å². The normalized spacial score (nSPS) is 20.5. The number of benzene rings is 1. The minimum atomic E-state index is 0.213. The number of thiol groups is 1. The molecule has 0 N–H and O–H groups in total. The molecule has 1 saturated heterocycles. The molecule has 2 aliphatic rings. The van der Waals surface area contributed by atoms with Crippen molar-refractivity contribution >= 4 is 35.8 Å². The first-order valence-corrected chi connectivity index (χ1v) is 8.52. The lowest BCUT2D eigenvalue weighted by Crippen LogP contribution is -2.49. The van der Waals surface area contributed by atoms with Crippen molar-refractivity contribution in [1.82, 2.24) is 4.90 Å². The Morgan fingerprint density at radius 2 is 1.95 bits per heavy atom. The third-order valence-electron chi connectivity index (χ3n) is 4.62. The number of anilines is 1. The molecule has 114 valence electrons. The average Bonchev–Trinajstić information content (AvgIpc) is 3.27. The van der Waals surface area contributed by atoms with Crippen molar-refractivity contribution in [2.45, 2.75) is 19.3 Å². The summed E-state index contributed by atoms with van der Waals surface area (Å²) in [6.07, 6.45) is 2.99. The van der Waals surface area contributed by atoms with E-state index in [2.05, 4.69) is 23.6 Å². The van der Waals surface area contributed by atoms with Gasteiger partial charge in [-0.25, -0.2) is 0 Å². The van der Waals surface area contributed by atoms with Crippen molar-refractivity contribution in [3.63, 3.8) is 0 Å². The molecule has 1 amide bonds. The largest absolute Gasteiger partial charge is 0.368 e. The minimum Gasteiger partial charge on any atom is -0.368 e. The highest BCUT2D eigenvalue weighted by molar-refractivity contribution is 7.80. The second-order valence-electron chi connectivity index (χ2n) is 6.18. The molecule has 0 radical (unpaired) electrons. The number of rotatable bonds is 4. The Hall–Kier alpha value is -0.870. The molecule has 1 aromatic rings. The van der Waals surface area contributed by atoms with Crippen molar-refractivity contribution in [3.05, 3.63) is 29.3 Å². The fraction of sp³-hybridized carbons (Fsp3) is 0.562. The number of carbonyl (C=O) groups excluding carboxylic acids is 1. The average molecular weight is 325 g/mol. The van der Waals surface area contributed by atoms with E-state index in [0.29, 0.717) is 12.3 Å². The molecule has 0 atom stereocenters. The Labute approximate surface area is 136 Å². The van der Waals surface area contributed by atoms with E-state index in [1.54, 1.807) is 0 Å². The van der Waals surface area contributed by atoms with Crippen LogP contribution in [0, 0.1) is 5.41 Å². The highest BCUT2D eigenvalue weighted by atomic mass is 35.5. The van der Waals surface area contributed by atoms with Crippen LogP contribution in [-0.2, 0) is 4.79 Å². The van der Waals surface area contributed by atoms with Crippen molar-refractivity contribution in [2.75, 3.05) is 36.8 Å². The smallest absolute Gasteiger partial charge is 0.223 e. The SMILES string of the molecule is O=C(CC1(CS)CC1)N1CCN(c2cccc(Cl)c2)CC1. The van der Waals surface area contributed by atoms with Crippen LogP contribution in [0.25, 0.3) is 0 Å². The molecule has 0 aromatic heterocycles. The van der Waals surface area contributed by atoms with Crippen LogP contribution >= 0.6 is 24.2 Å². The summed E-state index contributed by atoms with van der Waals surface area (Å²) in [5.74, 6) is 1.13. The van der Waals surface area contributed by atoms with Gasteiger partial charge in [-0.2, -0.15) is 12.6 Å². The van der Waals surface area contributed by atoms with Gasteiger partial charge in [0.25, 0.3) is 0 Å². The first kappa shape index (κ1) is 15.0. The second kappa shape index (κ2) is 6.09. The van der Waals surface area contributed by atoms with E-state index >= 15 is 0 Å². The third-order valence-corrected chi connectivity index (χ3v) is 5.53. The van der Waals surface area contributed by atoms with Crippen molar-refractivity contribution < 1.29 is 4.79 Å². The molecule has 3 rings (SSSR count). The summed E-state index contributed by atoms with van der Waals surface area (Å²) in [4.78, 5) is 16.7. The van der Waals surface area contributed by atoms with E-state index in [9.17, 15) is 4.79 Å². The minimum absolute atomic E-state index is 0.213. The summed E-state index contributed by atoms with van der Waals surface area (Å²) in [5, 5.41) is 0.760. The van der Waals surface area contributed by atoms with Crippen molar-refractivity contribution in [3.8, 4) is 0 Å². The molecule has 0 unspecified atom stereocenters. The fourth-order valence-corrected chi connectivity index (χ4v) is 3.50. The van der Waals surface area contributed by atoms with E-state index in [1.165, 1.54) is 0 Å². The number of halogens is 1. The van der Waals surface area contributed by atoms with Gasteiger partial charge in [-0.3, -0.25) is 4.79 Å². The van der Waals surface area contributed by atoms with Gasteiger partial charge < -0.3 is 9.80 Å². The van der Waals surface area contributed by atoms with E-state index in [1.807, 2.05) is 23.1 Å². The quantitative estimate of drug-likeness (QED) is 0.860. The first-order valence-electron chi connectivity index (χ1n) is 7.51. The molecule has 0 bridgehead atoms. The Morgan fingerprint density at radius 3 is 2.52 bits per heavy atom. The van der Waals surface area contributed by atoms with Gasteiger partial charge in [0.2, 0.25) is 5.91 Å². The first-order chi connectivity index (χ1) is 10.1. The maximum atomic E-state index is 12.4. The summed E-state index contributed by atoms with van der Waals surface area (Å²) in [6, 6.07) is 7.92. The highest BCUT2D eigenvalue weighted by Crippen LogP contribution is 2.49. The molecule has 5 heteroatoms. The molecule has 3 nitrogen and oxygen atoms in total. The Morgan fingerprint density at radius 1 is 1.24 bits per heavy atom. The van der Waals surface area contributed by atoms with Gasteiger partial charge in [-0.15, -0.1) is 0 Å². The zero-order valence-electron chi connectivity index (χ0n) is 12.1. The standard InChI is InChI=1S/C16H21ClN2OS/c17-13-2-1-3-14(10-13)18-6-8-19(9-7-18)15(20)11-16(12-21)4-5-16/h1-3,10,21H,4-9,11-12H2. The van der Waals surface area contributed by atoms with Crippen LogP contribution in [0.1, 0.15) is 19.3 Å². The van der Waals surface area contributed by atoms with E-state index in [4.69, 9.17) is 11.6 Å². The number of piperazine rings is 1. The van der Waals surface area contributed by atoms with Gasteiger partial charge in [0, 0.05) is 43.3 Å². The molecule has 0 spiro atoms. The van der Waals surface area contributed by atoms with Crippen molar-refractivity contribution in [2.24, 2.45) is 5.41 Å². The monoisotopic (exact) mass is 324 g/mol. The zero-order valence-corrected chi connectivity index (χ0v) is 13.7. The summed E-state index contributed by atoms with van der Waals surface area (Å²) in [7, 11) is 0. The van der Waals surface area contributed by atoms with Gasteiger partial charge >= 0.3 is 0 Å². The Balaban J connectivity index is 1.54. The van der Waals surface area contributed by atoms with E-state index in [-0.39, 0.29) is 5.41 Å². The summed E-state index contributed by atoms with van der Waals surface area (Å²) >= 11 is 10.4. The predicted molar refractivity (Wildman–Crippen MR) is 90.4 cm³/mol. The lowest BCUT2D eigenvalue weighted by atomic mass is 10.0. The van der Waals surface area contributed by atoms with Gasteiger partial charge in [0.05, 0.1) is 0 Å². The van der Waals surface area contributed by atoms with Crippen LogP contribution in [-0.4, -0.2) is 42.7 Å². The topological polar surface area (TPSA) is 23.6 Å². The molecule has 1 heterocycles. The third kappa shape index (κ3) is 3.49. The summed E-state index contributed by atoms with van der Waals surface area (Å²) in [6.45, 7) is 3.35. The molecule has 1 saturated carbocycles. The number of carbonyl (C=O) groups is 1. The van der Waals surface area contributed by atoms with Gasteiger partial charge in [0.15, 0.2) is 0 Å². The van der Waals surface area contributed by atoms with Gasteiger partial charge in [0.1, 0.15) is 0 Å². The predicted octanol–water partition coefficient (Wildman–Crippen LogP) is 3.09. The Bertz CT molecular complexity index is 525. The maximum Gasteiger partial charge on any atom is 0.223 e. The zero-order chi connectivity index (χ0) is 14.9. The lowest BCUT2D eigenvalue weighted by Gasteiger charge is -2.36. The molecule has 2 fully saturated rings. The summed E-state index contributed by atoms with van der Waals surface area (Å²) < 4.78 is 0. The second-order valence-corrected chi connectivity index (χ2v) is 6.94. The van der Waals surface area contributed by atoms with Crippen LogP contribution in [0.2, 0.25) is 5.02 Å². The van der Waals surface area contributed by atoms with E-state index < -0.39 is 0 Å². The van der Waals surface area contributed by atoms with Crippen LogP contribution in [0.3, 0.4) is 0 Å². The van der Waals surface area contributed by atoms with Crippen LogP contribution in [0.5, 0.6) is 0 Å². The highest BCUT2D eigenvalue weighted by Gasteiger charge is 2.43. The van der Waals surface area contributed by atoms with Crippen LogP contribution in [0.4, 0.5) is 5.69 Å². The maximum absolute atomic E-state index is 12.4. The summed E-state index contributed by atoms with van der Waals surface area (Å²) in [5.41, 5.74) is 1.35. The Kier molecular flexibility index (Phi) is 4.36. The fourth-order valence-electron chi connectivity index (χ4n) is 2.89. The number of hydrogen-bond donors (Lipinski definition) is 1. The number of nitrogens with zero attached hydrogens (tertiary/aromatic N) is 2. The number of hydrogen-bond acceptors (Lipinski definition) is 3. The molecular formula is C16H21ClN2OS. The lowest BCUT2D eigenvalue weighted by molar-refractivity contribution is -0.132. The molecule has 1 aliphatic carbocycles.